The highest BCUT2D eigenvalue weighted by Crippen LogP contribution is 2.16. The van der Waals surface area contributed by atoms with Crippen LogP contribution in [0.25, 0.3) is 0 Å². The van der Waals surface area contributed by atoms with Crippen molar-refractivity contribution in [1.82, 2.24) is 4.90 Å². The van der Waals surface area contributed by atoms with Gasteiger partial charge < -0.3 is 4.90 Å². The van der Waals surface area contributed by atoms with Gasteiger partial charge in [0.2, 0.25) is 0 Å². The molecule has 1 aromatic carbocycles. The van der Waals surface area contributed by atoms with Crippen molar-refractivity contribution in [1.29, 1.82) is 0 Å². The van der Waals surface area contributed by atoms with Gasteiger partial charge in [0, 0.05) is 24.4 Å². The van der Waals surface area contributed by atoms with Gasteiger partial charge in [-0.1, -0.05) is 36.9 Å². The average molecular weight is 226 g/mol. The SMILES string of the molecule is C=C1N=C(Cc2ccccc2)C=CN1C(C)C. The summed E-state index contributed by atoms with van der Waals surface area (Å²) in [5.41, 5.74) is 2.35. The summed E-state index contributed by atoms with van der Waals surface area (Å²) >= 11 is 0. The normalized spacial score (nSPS) is 15.4. The van der Waals surface area contributed by atoms with Crippen molar-refractivity contribution in [2.24, 2.45) is 4.99 Å². The second-order valence-electron chi connectivity index (χ2n) is 4.50. The number of benzene rings is 1. The van der Waals surface area contributed by atoms with Gasteiger partial charge >= 0.3 is 0 Å². The molecule has 0 saturated heterocycles. The summed E-state index contributed by atoms with van der Waals surface area (Å²) in [7, 11) is 0. The van der Waals surface area contributed by atoms with Crippen LogP contribution in [0.5, 0.6) is 0 Å². The van der Waals surface area contributed by atoms with Gasteiger partial charge in [-0.25, -0.2) is 4.99 Å². The van der Waals surface area contributed by atoms with Crippen LogP contribution in [0.4, 0.5) is 0 Å². The van der Waals surface area contributed by atoms with Crippen LogP contribution in [0.2, 0.25) is 0 Å². The highest BCUT2D eigenvalue weighted by molar-refractivity contribution is 5.97. The van der Waals surface area contributed by atoms with E-state index in [2.05, 4.69) is 66.9 Å². The molecule has 0 saturated carbocycles. The zero-order valence-electron chi connectivity index (χ0n) is 10.4. The standard InChI is InChI=1S/C15H18N2/c1-12(2)17-10-9-15(16-13(17)3)11-14-7-5-4-6-8-14/h4-10,12H,3,11H2,1-2H3. The lowest BCUT2D eigenvalue weighted by molar-refractivity contribution is 0.380. The number of hydrogen-bond acceptors (Lipinski definition) is 2. The lowest BCUT2D eigenvalue weighted by atomic mass is 10.1. The number of allylic oxidation sites excluding steroid dienone is 1. The Morgan fingerprint density at radius 3 is 2.53 bits per heavy atom. The van der Waals surface area contributed by atoms with Gasteiger partial charge in [0.05, 0.1) is 0 Å². The molecule has 1 aliphatic heterocycles. The van der Waals surface area contributed by atoms with Crippen LogP contribution < -0.4 is 0 Å². The first-order valence-corrected chi connectivity index (χ1v) is 5.94. The van der Waals surface area contributed by atoms with Gasteiger partial charge in [-0.3, -0.25) is 0 Å². The van der Waals surface area contributed by atoms with E-state index in [1.54, 1.807) is 0 Å². The minimum atomic E-state index is 0.403. The maximum Gasteiger partial charge on any atom is 0.125 e. The Morgan fingerprint density at radius 2 is 1.94 bits per heavy atom. The molecular formula is C15H18N2. The number of nitrogens with zero attached hydrogens (tertiary/aromatic N) is 2. The van der Waals surface area contributed by atoms with Crippen LogP contribution in [-0.4, -0.2) is 16.7 Å². The molecule has 0 amide bonds. The number of rotatable bonds is 3. The fourth-order valence-corrected chi connectivity index (χ4v) is 1.89. The van der Waals surface area contributed by atoms with Crippen LogP contribution in [0.15, 0.2) is 60.0 Å². The van der Waals surface area contributed by atoms with Crippen molar-refractivity contribution >= 4 is 5.71 Å². The summed E-state index contributed by atoms with van der Waals surface area (Å²) in [5.74, 6) is 0.827. The van der Waals surface area contributed by atoms with Crippen molar-refractivity contribution in [2.75, 3.05) is 0 Å². The molecule has 2 heteroatoms. The molecule has 1 heterocycles. The highest BCUT2D eigenvalue weighted by atomic mass is 15.2. The minimum Gasteiger partial charge on any atom is -0.331 e. The van der Waals surface area contributed by atoms with Gasteiger partial charge in [0.15, 0.2) is 0 Å². The Kier molecular flexibility index (Phi) is 3.43. The van der Waals surface area contributed by atoms with Crippen LogP contribution >= 0.6 is 0 Å². The fraction of sp³-hybridized carbons (Fsp3) is 0.267. The number of hydrogen-bond donors (Lipinski definition) is 0. The van der Waals surface area contributed by atoms with E-state index in [-0.39, 0.29) is 0 Å². The summed E-state index contributed by atoms with van der Waals surface area (Å²) in [6.07, 6.45) is 5.00. The van der Waals surface area contributed by atoms with E-state index in [0.29, 0.717) is 6.04 Å². The molecule has 1 aliphatic rings. The molecule has 0 unspecified atom stereocenters. The molecule has 0 fully saturated rings. The monoisotopic (exact) mass is 226 g/mol. The molecule has 0 radical (unpaired) electrons. The Labute approximate surface area is 103 Å². The Balaban J connectivity index is 2.09. The first-order chi connectivity index (χ1) is 8.16. The predicted octanol–water partition coefficient (Wildman–Crippen LogP) is 3.38. The van der Waals surface area contributed by atoms with Gasteiger partial charge in [-0.15, -0.1) is 0 Å². The van der Waals surface area contributed by atoms with E-state index in [0.717, 1.165) is 18.0 Å². The second kappa shape index (κ2) is 5.00. The first kappa shape index (κ1) is 11.6. The third-order valence-electron chi connectivity index (χ3n) is 2.78. The molecule has 17 heavy (non-hydrogen) atoms. The van der Waals surface area contributed by atoms with E-state index in [1.807, 2.05) is 6.07 Å². The highest BCUT2D eigenvalue weighted by Gasteiger charge is 2.12. The molecule has 0 N–H and O–H groups in total. The van der Waals surface area contributed by atoms with Crippen molar-refractivity contribution in [2.45, 2.75) is 26.3 Å². The summed E-state index contributed by atoms with van der Waals surface area (Å²) in [6.45, 7) is 8.26. The second-order valence-corrected chi connectivity index (χ2v) is 4.50. The maximum atomic E-state index is 4.54. The van der Waals surface area contributed by atoms with Crippen LogP contribution in [0.3, 0.4) is 0 Å². The largest absolute Gasteiger partial charge is 0.331 e. The Hall–Kier alpha value is -1.83. The van der Waals surface area contributed by atoms with Crippen molar-refractivity contribution in [3.63, 3.8) is 0 Å². The van der Waals surface area contributed by atoms with Crippen molar-refractivity contribution < 1.29 is 0 Å². The first-order valence-electron chi connectivity index (χ1n) is 5.94. The molecule has 0 atom stereocenters. The maximum absolute atomic E-state index is 4.54. The lowest BCUT2D eigenvalue weighted by Gasteiger charge is -2.27. The van der Waals surface area contributed by atoms with Gasteiger partial charge in [0.25, 0.3) is 0 Å². The summed E-state index contributed by atoms with van der Waals surface area (Å²) < 4.78 is 0. The molecule has 0 aliphatic carbocycles. The van der Waals surface area contributed by atoms with E-state index in [1.165, 1.54) is 5.56 Å². The van der Waals surface area contributed by atoms with Crippen LogP contribution in [0.1, 0.15) is 19.4 Å². The minimum absolute atomic E-state index is 0.403. The average Bonchev–Trinajstić information content (AvgIpc) is 2.30. The summed E-state index contributed by atoms with van der Waals surface area (Å²) in [4.78, 5) is 6.62. The zero-order valence-corrected chi connectivity index (χ0v) is 10.4. The Morgan fingerprint density at radius 1 is 1.24 bits per heavy atom. The molecule has 1 aromatic rings. The van der Waals surface area contributed by atoms with Crippen LogP contribution in [0, 0.1) is 0 Å². The zero-order chi connectivity index (χ0) is 12.3. The molecular weight excluding hydrogens is 208 g/mol. The lowest BCUT2D eigenvalue weighted by Crippen LogP contribution is -2.26. The van der Waals surface area contributed by atoms with Crippen molar-refractivity contribution in [3.8, 4) is 0 Å². The molecule has 0 spiro atoms. The smallest absolute Gasteiger partial charge is 0.125 e. The summed E-state index contributed by atoms with van der Waals surface area (Å²) in [6, 6.07) is 10.8. The molecule has 0 aromatic heterocycles. The Bertz CT molecular complexity index is 455. The molecule has 2 nitrogen and oxygen atoms in total. The van der Waals surface area contributed by atoms with Crippen molar-refractivity contribution in [3.05, 3.63) is 60.6 Å². The molecule has 0 bridgehead atoms. The van der Waals surface area contributed by atoms with E-state index < -0.39 is 0 Å². The topological polar surface area (TPSA) is 15.6 Å². The third kappa shape index (κ3) is 2.84. The summed E-state index contributed by atoms with van der Waals surface area (Å²) in [5, 5.41) is 0. The molecule has 88 valence electrons. The quantitative estimate of drug-likeness (QED) is 0.771. The van der Waals surface area contributed by atoms with E-state index in [4.69, 9.17) is 0 Å². The van der Waals surface area contributed by atoms with Crippen LogP contribution in [-0.2, 0) is 6.42 Å². The van der Waals surface area contributed by atoms with E-state index in [9.17, 15) is 0 Å². The van der Waals surface area contributed by atoms with Gasteiger partial charge in [0.1, 0.15) is 5.82 Å². The number of aliphatic imine (C=N–C) groups is 1. The predicted molar refractivity (Wildman–Crippen MR) is 72.8 cm³/mol. The fourth-order valence-electron chi connectivity index (χ4n) is 1.89. The van der Waals surface area contributed by atoms with Gasteiger partial charge in [-0.05, 0) is 25.5 Å². The van der Waals surface area contributed by atoms with Gasteiger partial charge in [-0.2, -0.15) is 0 Å². The van der Waals surface area contributed by atoms with E-state index >= 15 is 0 Å². The third-order valence-corrected chi connectivity index (χ3v) is 2.78. The molecule has 2 rings (SSSR count).